The van der Waals surface area contributed by atoms with Crippen molar-refractivity contribution in [2.45, 2.75) is 6.18 Å². The maximum absolute atomic E-state index is 12.9. The van der Waals surface area contributed by atoms with Crippen LogP contribution >= 0.6 is 0 Å². The van der Waals surface area contributed by atoms with E-state index in [1.807, 2.05) is 0 Å². The Morgan fingerprint density at radius 2 is 2.19 bits per heavy atom. The fraction of sp³-hybridized carbons (Fsp3) is 0.385. The van der Waals surface area contributed by atoms with Gasteiger partial charge in [0.05, 0.1) is 23.7 Å². The first-order valence-electron chi connectivity index (χ1n) is 6.19. The highest BCUT2D eigenvalue weighted by molar-refractivity contribution is 5.76. The molecule has 1 aliphatic heterocycles. The summed E-state index contributed by atoms with van der Waals surface area (Å²) in [6.07, 6.45) is -4.60. The zero-order chi connectivity index (χ0) is 15.5. The third-order valence-corrected chi connectivity index (χ3v) is 2.98. The number of hydrogen-bond donors (Lipinski definition) is 1. The van der Waals surface area contributed by atoms with Crippen molar-refractivity contribution < 1.29 is 22.7 Å². The standard InChI is InChI=1S/C13H12F3N3O2/c14-13(15,16)10-7-9(8-17)1-2-11(10)21-6-5-19-4-3-18-12(19)20/h1-2,7H,3-6H2,(H,18,20). The van der Waals surface area contributed by atoms with Crippen LogP contribution in [0.4, 0.5) is 18.0 Å². The van der Waals surface area contributed by atoms with Crippen molar-refractivity contribution in [1.82, 2.24) is 10.2 Å². The monoisotopic (exact) mass is 299 g/mol. The summed E-state index contributed by atoms with van der Waals surface area (Å²) in [6, 6.07) is 4.52. The molecule has 5 nitrogen and oxygen atoms in total. The van der Waals surface area contributed by atoms with Gasteiger partial charge in [-0.1, -0.05) is 0 Å². The Morgan fingerprint density at radius 1 is 1.43 bits per heavy atom. The van der Waals surface area contributed by atoms with Crippen LogP contribution in [0.2, 0.25) is 0 Å². The van der Waals surface area contributed by atoms with E-state index in [9.17, 15) is 18.0 Å². The molecule has 21 heavy (non-hydrogen) atoms. The highest BCUT2D eigenvalue weighted by atomic mass is 19.4. The Kier molecular flexibility index (Phi) is 4.21. The number of halogens is 3. The molecule has 1 saturated heterocycles. The summed E-state index contributed by atoms with van der Waals surface area (Å²) < 4.78 is 43.8. The predicted octanol–water partition coefficient (Wildman–Crippen LogP) is 1.98. The summed E-state index contributed by atoms with van der Waals surface area (Å²) in [5, 5.41) is 11.2. The van der Waals surface area contributed by atoms with E-state index >= 15 is 0 Å². The van der Waals surface area contributed by atoms with Crippen molar-refractivity contribution in [3.05, 3.63) is 29.3 Å². The van der Waals surface area contributed by atoms with Gasteiger partial charge < -0.3 is 15.0 Å². The number of hydrogen-bond acceptors (Lipinski definition) is 3. The summed E-state index contributed by atoms with van der Waals surface area (Å²) in [7, 11) is 0. The van der Waals surface area contributed by atoms with Crippen LogP contribution in [-0.4, -0.2) is 37.2 Å². The molecule has 0 spiro atoms. The number of amides is 2. The minimum atomic E-state index is -4.60. The van der Waals surface area contributed by atoms with Crippen LogP contribution in [-0.2, 0) is 6.18 Å². The number of carbonyl (C=O) groups is 1. The average molecular weight is 299 g/mol. The number of ether oxygens (including phenoxy) is 1. The maximum Gasteiger partial charge on any atom is 0.420 e. The van der Waals surface area contributed by atoms with Crippen molar-refractivity contribution >= 4 is 6.03 Å². The minimum Gasteiger partial charge on any atom is -0.491 e. The normalized spacial score (nSPS) is 14.8. The molecule has 0 atom stereocenters. The molecule has 0 saturated carbocycles. The fourth-order valence-corrected chi connectivity index (χ4v) is 1.94. The van der Waals surface area contributed by atoms with Gasteiger partial charge in [-0.15, -0.1) is 0 Å². The lowest BCUT2D eigenvalue weighted by Crippen LogP contribution is -2.32. The van der Waals surface area contributed by atoms with Gasteiger partial charge in [0.25, 0.3) is 0 Å². The second kappa shape index (κ2) is 5.91. The Bertz CT molecular complexity index is 581. The van der Waals surface area contributed by atoms with Gasteiger partial charge in [-0.3, -0.25) is 0 Å². The second-order valence-electron chi connectivity index (χ2n) is 4.39. The number of nitriles is 1. The Morgan fingerprint density at radius 3 is 2.76 bits per heavy atom. The molecule has 1 aromatic rings. The van der Waals surface area contributed by atoms with Crippen LogP contribution in [0.3, 0.4) is 0 Å². The molecule has 2 amide bonds. The van der Waals surface area contributed by atoms with Gasteiger partial charge in [0.1, 0.15) is 12.4 Å². The molecule has 1 aliphatic rings. The quantitative estimate of drug-likeness (QED) is 0.924. The van der Waals surface area contributed by atoms with E-state index in [0.29, 0.717) is 13.1 Å². The molecular weight excluding hydrogens is 287 g/mol. The predicted molar refractivity (Wildman–Crippen MR) is 66.6 cm³/mol. The SMILES string of the molecule is N#Cc1ccc(OCCN2CCNC2=O)c(C(F)(F)F)c1. The largest absolute Gasteiger partial charge is 0.491 e. The van der Waals surface area contributed by atoms with Gasteiger partial charge in [0, 0.05) is 13.1 Å². The van der Waals surface area contributed by atoms with E-state index in [1.54, 1.807) is 6.07 Å². The zero-order valence-corrected chi connectivity index (χ0v) is 10.9. The molecule has 1 fully saturated rings. The van der Waals surface area contributed by atoms with Gasteiger partial charge in [-0.25, -0.2) is 4.79 Å². The first kappa shape index (κ1) is 15.0. The molecule has 1 N–H and O–H groups in total. The van der Waals surface area contributed by atoms with Crippen LogP contribution < -0.4 is 10.1 Å². The van der Waals surface area contributed by atoms with Crippen molar-refractivity contribution in [3.8, 4) is 11.8 Å². The lowest BCUT2D eigenvalue weighted by Gasteiger charge is -2.17. The van der Waals surface area contributed by atoms with Crippen molar-refractivity contribution in [2.75, 3.05) is 26.2 Å². The van der Waals surface area contributed by atoms with E-state index in [0.717, 1.165) is 12.1 Å². The summed E-state index contributed by atoms with van der Waals surface area (Å²) in [5.41, 5.74) is -1.08. The zero-order valence-electron chi connectivity index (χ0n) is 10.9. The molecule has 1 aromatic carbocycles. The summed E-state index contributed by atoms with van der Waals surface area (Å²) in [6.45, 7) is 1.16. The van der Waals surface area contributed by atoms with Gasteiger partial charge in [0.2, 0.25) is 0 Å². The summed E-state index contributed by atoms with van der Waals surface area (Å²) >= 11 is 0. The van der Waals surface area contributed by atoms with Gasteiger partial charge >= 0.3 is 12.2 Å². The Balaban J connectivity index is 2.05. The van der Waals surface area contributed by atoms with Crippen LogP contribution in [0.25, 0.3) is 0 Å². The number of nitrogens with zero attached hydrogens (tertiary/aromatic N) is 2. The Hall–Kier alpha value is -2.43. The lowest BCUT2D eigenvalue weighted by molar-refractivity contribution is -0.139. The maximum atomic E-state index is 12.9. The smallest absolute Gasteiger partial charge is 0.420 e. The molecule has 0 unspecified atom stereocenters. The number of rotatable bonds is 4. The summed E-state index contributed by atoms with van der Waals surface area (Å²) in [4.78, 5) is 12.7. The van der Waals surface area contributed by atoms with E-state index in [-0.39, 0.29) is 30.5 Å². The molecule has 0 aliphatic carbocycles. The molecule has 112 valence electrons. The summed E-state index contributed by atoms with van der Waals surface area (Å²) in [5.74, 6) is -0.346. The number of nitrogens with one attached hydrogen (secondary N) is 1. The van der Waals surface area contributed by atoms with Crippen LogP contribution in [0, 0.1) is 11.3 Å². The number of benzene rings is 1. The molecular formula is C13H12F3N3O2. The van der Waals surface area contributed by atoms with Crippen LogP contribution in [0.15, 0.2) is 18.2 Å². The first-order chi connectivity index (χ1) is 9.91. The second-order valence-corrected chi connectivity index (χ2v) is 4.39. The number of urea groups is 1. The lowest BCUT2D eigenvalue weighted by atomic mass is 10.1. The van der Waals surface area contributed by atoms with Crippen LogP contribution in [0.5, 0.6) is 5.75 Å². The van der Waals surface area contributed by atoms with Crippen molar-refractivity contribution in [2.24, 2.45) is 0 Å². The third-order valence-electron chi connectivity index (χ3n) is 2.98. The highest BCUT2D eigenvalue weighted by Crippen LogP contribution is 2.36. The molecule has 2 rings (SSSR count). The third kappa shape index (κ3) is 3.56. The fourth-order valence-electron chi connectivity index (χ4n) is 1.94. The average Bonchev–Trinajstić information content (AvgIpc) is 2.83. The van der Waals surface area contributed by atoms with Crippen molar-refractivity contribution in [3.63, 3.8) is 0 Å². The molecule has 0 bridgehead atoms. The van der Waals surface area contributed by atoms with Gasteiger partial charge in [0.15, 0.2) is 0 Å². The number of alkyl halides is 3. The molecule has 1 heterocycles. The van der Waals surface area contributed by atoms with E-state index < -0.39 is 11.7 Å². The number of carbonyl (C=O) groups excluding carboxylic acids is 1. The molecule has 8 heteroatoms. The molecule has 0 aromatic heterocycles. The van der Waals surface area contributed by atoms with Crippen molar-refractivity contribution in [1.29, 1.82) is 5.26 Å². The van der Waals surface area contributed by atoms with Gasteiger partial charge in [-0.2, -0.15) is 18.4 Å². The minimum absolute atomic E-state index is 0.0532. The van der Waals surface area contributed by atoms with E-state index in [1.165, 1.54) is 11.0 Å². The highest BCUT2D eigenvalue weighted by Gasteiger charge is 2.34. The Labute approximate surface area is 118 Å². The molecule has 0 radical (unpaired) electrons. The first-order valence-corrected chi connectivity index (χ1v) is 6.19. The van der Waals surface area contributed by atoms with Crippen LogP contribution in [0.1, 0.15) is 11.1 Å². The topological polar surface area (TPSA) is 65.4 Å². The van der Waals surface area contributed by atoms with E-state index in [2.05, 4.69) is 5.32 Å². The van der Waals surface area contributed by atoms with Gasteiger partial charge in [-0.05, 0) is 18.2 Å². The van der Waals surface area contributed by atoms with E-state index in [4.69, 9.17) is 10.00 Å².